The summed E-state index contributed by atoms with van der Waals surface area (Å²) in [7, 11) is 0. The Balaban J connectivity index is 2.23. The number of rotatable bonds is 5. The predicted octanol–water partition coefficient (Wildman–Crippen LogP) is 5.64. The number of halogens is 2. The molecule has 0 spiro atoms. The van der Waals surface area contributed by atoms with Gasteiger partial charge in [-0.1, -0.05) is 60.9 Å². The fourth-order valence-electron chi connectivity index (χ4n) is 1.74. The SMILES string of the molecule is CC(C)NCc1cccc(Cl)c1Sc1ccc(Cl)cc1. The van der Waals surface area contributed by atoms with E-state index in [0.29, 0.717) is 6.04 Å². The Bertz CT molecular complexity index is 567. The molecule has 0 saturated heterocycles. The van der Waals surface area contributed by atoms with E-state index in [2.05, 4.69) is 25.2 Å². The molecule has 0 aromatic heterocycles. The van der Waals surface area contributed by atoms with Crippen LogP contribution in [0.4, 0.5) is 0 Å². The first-order chi connectivity index (χ1) is 9.56. The molecule has 1 N–H and O–H groups in total. The second-order valence-corrected chi connectivity index (χ2v) is 6.75. The second kappa shape index (κ2) is 7.37. The lowest BCUT2D eigenvalue weighted by Gasteiger charge is -2.13. The second-order valence-electron chi connectivity index (χ2n) is 4.82. The summed E-state index contributed by atoms with van der Waals surface area (Å²) in [4.78, 5) is 2.23. The summed E-state index contributed by atoms with van der Waals surface area (Å²) < 4.78 is 0. The van der Waals surface area contributed by atoms with Gasteiger partial charge in [0.2, 0.25) is 0 Å². The van der Waals surface area contributed by atoms with Crippen molar-refractivity contribution in [1.82, 2.24) is 5.32 Å². The van der Waals surface area contributed by atoms with Crippen LogP contribution in [-0.2, 0) is 6.54 Å². The van der Waals surface area contributed by atoms with Crippen molar-refractivity contribution >= 4 is 35.0 Å². The molecule has 0 atom stereocenters. The third-order valence-corrected chi connectivity index (χ3v) is 4.66. The normalized spacial score (nSPS) is 11.1. The zero-order chi connectivity index (χ0) is 14.5. The van der Waals surface area contributed by atoms with Crippen LogP contribution in [0.1, 0.15) is 19.4 Å². The number of benzene rings is 2. The summed E-state index contributed by atoms with van der Waals surface area (Å²) in [6.07, 6.45) is 0. The van der Waals surface area contributed by atoms with Crippen LogP contribution in [0.25, 0.3) is 0 Å². The molecule has 0 heterocycles. The molecular formula is C16H17Cl2NS. The minimum absolute atomic E-state index is 0.447. The molecule has 0 aliphatic carbocycles. The molecule has 0 aliphatic rings. The first-order valence-corrected chi connectivity index (χ1v) is 8.07. The van der Waals surface area contributed by atoms with Crippen molar-refractivity contribution in [3.63, 3.8) is 0 Å². The van der Waals surface area contributed by atoms with Crippen LogP contribution in [0, 0.1) is 0 Å². The lowest BCUT2D eigenvalue weighted by atomic mass is 10.2. The Morgan fingerprint density at radius 2 is 1.75 bits per heavy atom. The highest BCUT2D eigenvalue weighted by molar-refractivity contribution is 7.99. The van der Waals surface area contributed by atoms with Crippen molar-refractivity contribution < 1.29 is 0 Å². The highest BCUT2D eigenvalue weighted by atomic mass is 35.5. The molecule has 0 amide bonds. The largest absolute Gasteiger partial charge is 0.310 e. The van der Waals surface area contributed by atoms with Crippen LogP contribution in [0.3, 0.4) is 0 Å². The van der Waals surface area contributed by atoms with Crippen molar-refractivity contribution in [2.75, 3.05) is 0 Å². The van der Waals surface area contributed by atoms with Crippen LogP contribution >= 0.6 is 35.0 Å². The monoisotopic (exact) mass is 325 g/mol. The molecule has 2 rings (SSSR count). The van der Waals surface area contributed by atoms with Crippen molar-refractivity contribution in [3.8, 4) is 0 Å². The third-order valence-electron chi connectivity index (χ3n) is 2.78. The average molecular weight is 326 g/mol. The summed E-state index contributed by atoms with van der Waals surface area (Å²) in [6.45, 7) is 5.08. The van der Waals surface area contributed by atoms with Gasteiger partial charge >= 0.3 is 0 Å². The zero-order valence-corrected chi connectivity index (χ0v) is 13.8. The van der Waals surface area contributed by atoms with Crippen LogP contribution in [0.15, 0.2) is 52.3 Å². The summed E-state index contributed by atoms with van der Waals surface area (Å²) in [5, 5.41) is 4.96. The van der Waals surface area contributed by atoms with E-state index in [1.807, 2.05) is 36.4 Å². The molecule has 0 saturated carbocycles. The number of hydrogen-bond acceptors (Lipinski definition) is 2. The Labute approximate surface area is 134 Å². The minimum Gasteiger partial charge on any atom is -0.310 e. The first-order valence-electron chi connectivity index (χ1n) is 6.50. The van der Waals surface area contributed by atoms with Crippen LogP contribution in [0.2, 0.25) is 10.0 Å². The Hall–Kier alpha value is -0.670. The Morgan fingerprint density at radius 1 is 1.05 bits per heavy atom. The number of hydrogen-bond donors (Lipinski definition) is 1. The molecule has 20 heavy (non-hydrogen) atoms. The molecule has 0 unspecified atom stereocenters. The summed E-state index contributed by atoms with van der Waals surface area (Å²) in [6, 6.07) is 14.3. The van der Waals surface area contributed by atoms with Gasteiger partial charge in [0.25, 0.3) is 0 Å². The highest BCUT2D eigenvalue weighted by Gasteiger charge is 2.09. The topological polar surface area (TPSA) is 12.0 Å². The van der Waals surface area contributed by atoms with E-state index in [1.165, 1.54) is 5.56 Å². The van der Waals surface area contributed by atoms with E-state index in [4.69, 9.17) is 23.2 Å². The molecule has 4 heteroatoms. The zero-order valence-electron chi connectivity index (χ0n) is 11.5. The van der Waals surface area contributed by atoms with E-state index in [0.717, 1.165) is 26.4 Å². The summed E-state index contributed by atoms with van der Waals surface area (Å²) in [5.41, 5.74) is 1.21. The van der Waals surface area contributed by atoms with Gasteiger partial charge in [-0.05, 0) is 35.9 Å². The lowest BCUT2D eigenvalue weighted by Crippen LogP contribution is -2.22. The summed E-state index contributed by atoms with van der Waals surface area (Å²) >= 11 is 13.9. The molecule has 2 aromatic carbocycles. The van der Waals surface area contributed by atoms with E-state index in [-0.39, 0.29) is 0 Å². The Morgan fingerprint density at radius 3 is 2.40 bits per heavy atom. The highest BCUT2D eigenvalue weighted by Crippen LogP contribution is 2.36. The quantitative estimate of drug-likeness (QED) is 0.763. The van der Waals surface area contributed by atoms with E-state index in [9.17, 15) is 0 Å². The van der Waals surface area contributed by atoms with Gasteiger partial charge in [0.1, 0.15) is 0 Å². The standard InChI is InChI=1S/C16H17Cl2NS/c1-11(2)19-10-12-4-3-5-15(18)16(12)20-14-8-6-13(17)7-9-14/h3-9,11,19H,10H2,1-2H3. The van der Waals surface area contributed by atoms with Gasteiger partial charge < -0.3 is 5.32 Å². The Kier molecular flexibility index (Phi) is 5.79. The van der Waals surface area contributed by atoms with Crippen LogP contribution in [0.5, 0.6) is 0 Å². The fraction of sp³-hybridized carbons (Fsp3) is 0.250. The lowest BCUT2D eigenvalue weighted by molar-refractivity contribution is 0.585. The van der Waals surface area contributed by atoms with Gasteiger partial charge in [0, 0.05) is 27.4 Å². The smallest absolute Gasteiger partial charge is 0.0548 e. The number of nitrogens with one attached hydrogen (secondary N) is 1. The average Bonchev–Trinajstić information content (AvgIpc) is 2.41. The van der Waals surface area contributed by atoms with Crippen LogP contribution in [-0.4, -0.2) is 6.04 Å². The fourth-order valence-corrected chi connectivity index (χ4v) is 3.12. The van der Waals surface area contributed by atoms with Gasteiger partial charge in [0.15, 0.2) is 0 Å². The molecule has 0 bridgehead atoms. The van der Waals surface area contributed by atoms with E-state index >= 15 is 0 Å². The molecular weight excluding hydrogens is 309 g/mol. The van der Waals surface area contributed by atoms with E-state index < -0.39 is 0 Å². The van der Waals surface area contributed by atoms with Gasteiger partial charge in [-0.2, -0.15) is 0 Å². The van der Waals surface area contributed by atoms with E-state index in [1.54, 1.807) is 11.8 Å². The molecule has 0 aliphatic heterocycles. The minimum atomic E-state index is 0.447. The van der Waals surface area contributed by atoms with Crippen LogP contribution < -0.4 is 5.32 Å². The van der Waals surface area contributed by atoms with Gasteiger partial charge in [-0.25, -0.2) is 0 Å². The van der Waals surface area contributed by atoms with Crippen molar-refractivity contribution in [3.05, 3.63) is 58.1 Å². The van der Waals surface area contributed by atoms with Crippen molar-refractivity contribution in [1.29, 1.82) is 0 Å². The van der Waals surface area contributed by atoms with Gasteiger partial charge in [-0.3, -0.25) is 0 Å². The third kappa shape index (κ3) is 4.42. The van der Waals surface area contributed by atoms with Crippen molar-refractivity contribution in [2.24, 2.45) is 0 Å². The van der Waals surface area contributed by atoms with Crippen molar-refractivity contribution in [2.45, 2.75) is 36.2 Å². The molecule has 2 aromatic rings. The molecule has 106 valence electrons. The molecule has 1 nitrogen and oxygen atoms in total. The predicted molar refractivity (Wildman–Crippen MR) is 89.0 cm³/mol. The molecule has 0 fully saturated rings. The van der Waals surface area contributed by atoms with Gasteiger partial charge in [0.05, 0.1) is 5.02 Å². The summed E-state index contributed by atoms with van der Waals surface area (Å²) in [5.74, 6) is 0. The maximum Gasteiger partial charge on any atom is 0.0548 e. The first kappa shape index (κ1) is 15.7. The molecule has 0 radical (unpaired) electrons. The maximum atomic E-state index is 6.35. The maximum absolute atomic E-state index is 6.35. The van der Waals surface area contributed by atoms with Gasteiger partial charge in [-0.15, -0.1) is 0 Å².